The van der Waals surface area contributed by atoms with E-state index in [9.17, 15) is 4.79 Å². The van der Waals surface area contributed by atoms with Crippen LogP contribution < -0.4 is 9.47 Å². The number of ether oxygens (including phenoxy) is 2. The van der Waals surface area contributed by atoms with Crippen molar-refractivity contribution < 1.29 is 14.3 Å². The summed E-state index contributed by atoms with van der Waals surface area (Å²) < 4.78 is 10.4. The monoisotopic (exact) mass is 286 g/mol. The van der Waals surface area contributed by atoms with E-state index in [0.29, 0.717) is 6.42 Å². The van der Waals surface area contributed by atoms with E-state index in [2.05, 4.69) is 15.9 Å². The molecule has 0 bridgehead atoms. The summed E-state index contributed by atoms with van der Waals surface area (Å²) in [4.78, 5) is 11.0. The lowest BCUT2D eigenvalue weighted by atomic mass is 10.1. The first-order chi connectivity index (χ1) is 7.58. The van der Waals surface area contributed by atoms with Gasteiger partial charge in [0.1, 0.15) is 17.3 Å². The first-order valence-electron chi connectivity index (χ1n) is 4.94. The Labute approximate surface area is 104 Å². The lowest BCUT2D eigenvalue weighted by molar-refractivity contribution is -0.116. The molecule has 1 aromatic carbocycles. The highest BCUT2D eigenvalue weighted by Crippen LogP contribution is 2.26. The summed E-state index contributed by atoms with van der Waals surface area (Å²) in [7, 11) is 3.21. The molecule has 88 valence electrons. The molecule has 0 saturated carbocycles. The fourth-order valence-electron chi connectivity index (χ4n) is 1.36. The smallest absolute Gasteiger partial charge is 0.143 e. The van der Waals surface area contributed by atoms with Crippen molar-refractivity contribution >= 4 is 21.7 Å². The molecule has 0 heterocycles. The zero-order valence-corrected chi connectivity index (χ0v) is 11.2. The van der Waals surface area contributed by atoms with Crippen LogP contribution in [0.25, 0.3) is 0 Å². The van der Waals surface area contributed by atoms with Crippen molar-refractivity contribution in [3.05, 3.63) is 23.8 Å². The Morgan fingerprint density at radius 3 is 2.56 bits per heavy atom. The lowest BCUT2D eigenvalue weighted by Gasteiger charge is -2.12. The maximum Gasteiger partial charge on any atom is 0.143 e. The van der Waals surface area contributed by atoms with Crippen molar-refractivity contribution in [3.8, 4) is 11.5 Å². The molecule has 0 amide bonds. The largest absolute Gasteiger partial charge is 0.497 e. The molecule has 0 spiro atoms. The van der Waals surface area contributed by atoms with Crippen LogP contribution in [0.3, 0.4) is 0 Å². The minimum absolute atomic E-state index is 0.109. The predicted molar refractivity (Wildman–Crippen MR) is 66.6 cm³/mol. The number of methoxy groups -OCH3 is 2. The van der Waals surface area contributed by atoms with Gasteiger partial charge in [-0.25, -0.2) is 0 Å². The molecule has 1 aromatic rings. The molecule has 1 atom stereocenters. The summed E-state index contributed by atoms with van der Waals surface area (Å²) in [5.74, 6) is 1.59. The number of carbonyl (C=O) groups is 1. The summed E-state index contributed by atoms with van der Waals surface area (Å²) >= 11 is 3.34. The van der Waals surface area contributed by atoms with Crippen molar-refractivity contribution in [2.24, 2.45) is 0 Å². The predicted octanol–water partition coefficient (Wildman–Crippen LogP) is 2.60. The van der Waals surface area contributed by atoms with Crippen molar-refractivity contribution in [1.82, 2.24) is 0 Å². The number of benzene rings is 1. The minimum Gasteiger partial charge on any atom is -0.497 e. The standard InChI is InChI=1S/C12H15BrO3/c1-8(14)11(13)6-9-4-5-10(15-2)7-12(9)16-3/h4-5,7,11H,6H2,1-3H3. The zero-order chi connectivity index (χ0) is 12.1. The Kier molecular flexibility index (Phi) is 4.80. The van der Waals surface area contributed by atoms with Gasteiger partial charge in [-0.05, 0) is 25.0 Å². The number of halogens is 1. The Hall–Kier alpha value is -1.03. The molecule has 1 rings (SSSR count). The third-order valence-corrected chi connectivity index (χ3v) is 3.30. The molecule has 16 heavy (non-hydrogen) atoms. The van der Waals surface area contributed by atoms with Gasteiger partial charge >= 0.3 is 0 Å². The van der Waals surface area contributed by atoms with E-state index in [4.69, 9.17) is 9.47 Å². The van der Waals surface area contributed by atoms with E-state index in [-0.39, 0.29) is 10.6 Å². The van der Waals surface area contributed by atoms with Gasteiger partial charge in [0.25, 0.3) is 0 Å². The second-order valence-electron chi connectivity index (χ2n) is 3.46. The van der Waals surface area contributed by atoms with E-state index in [1.165, 1.54) is 0 Å². The fourth-order valence-corrected chi connectivity index (χ4v) is 1.71. The first-order valence-corrected chi connectivity index (χ1v) is 5.85. The highest BCUT2D eigenvalue weighted by molar-refractivity contribution is 9.10. The summed E-state index contributed by atoms with van der Waals surface area (Å²) in [5, 5.41) is 0. The molecule has 0 aliphatic carbocycles. The van der Waals surface area contributed by atoms with Crippen LogP contribution in [0.4, 0.5) is 0 Å². The van der Waals surface area contributed by atoms with E-state index < -0.39 is 0 Å². The van der Waals surface area contributed by atoms with Gasteiger partial charge in [0, 0.05) is 6.07 Å². The average Bonchev–Trinajstić information content (AvgIpc) is 2.29. The number of hydrogen-bond donors (Lipinski definition) is 0. The molecular formula is C12H15BrO3. The van der Waals surface area contributed by atoms with Gasteiger partial charge in [0.05, 0.1) is 19.0 Å². The van der Waals surface area contributed by atoms with Crippen molar-refractivity contribution in [2.45, 2.75) is 18.2 Å². The summed E-state index contributed by atoms with van der Waals surface area (Å²) in [6.07, 6.45) is 0.614. The maximum atomic E-state index is 11.2. The normalized spacial score (nSPS) is 12.0. The quantitative estimate of drug-likeness (QED) is 0.781. The number of rotatable bonds is 5. The molecule has 0 radical (unpaired) electrons. The molecule has 1 unspecified atom stereocenters. The van der Waals surface area contributed by atoms with Crippen LogP contribution in [0.2, 0.25) is 0 Å². The van der Waals surface area contributed by atoms with Crippen LogP contribution in [0.5, 0.6) is 11.5 Å². The van der Waals surface area contributed by atoms with Crippen LogP contribution in [0, 0.1) is 0 Å². The number of Topliss-reactive ketones (excluding diaryl/α,β-unsaturated/α-hetero) is 1. The van der Waals surface area contributed by atoms with Crippen LogP contribution in [-0.2, 0) is 11.2 Å². The van der Waals surface area contributed by atoms with Gasteiger partial charge in [-0.2, -0.15) is 0 Å². The Morgan fingerprint density at radius 1 is 1.38 bits per heavy atom. The van der Waals surface area contributed by atoms with Gasteiger partial charge in [-0.1, -0.05) is 22.0 Å². The topological polar surface area (TPSA) is 35.5 Å². The van der Waals surface area contributed by atoms with Gasteiger partial charge in [-0.3, -0.25) is 4.79 Å². The summed E-state index contributed by atoms with van der Waals surface area (Å²) in [5.41, 5.74) is 0.986. The fraction of sp³-hybridized carbons (Fsp3) is 0.417. The van der Waals surface area contributed by atoms with Gasteiger partial charge in [-0.15, -0.1) is 0 Å². The van der Waals surface area contributed by atoms with Crippen molar-refractivity contribution in [3.63, 3.8) is 0 Å². The molecule has 0 aliphatic rings. The van der Waals surface area contributed by atoms with Crippen molar-refractivity contribution in [2.75, 3.05) is 14.2 Å². The lowest BCUT2D eigenvalue weighted by Crippen LogP contribution is -2.13. The van der Waals surface area contributed by atoms with E-state index >= 15 is 0 Å². The highest BCUT2D eigenvalue weighted by Gasteiger charge is 2.14. The molecule has 0 aromatic heterocycles. The molecular weight excluding hydrogens is 272 g/mol. The van der Waals surface area contributed by atoms with E-state index in [0.717, 1.165) is 17.1 Å². The zero-order valence-electron chi connectivity index (χ0n) is 9.62. The number of hydrogen-bond acceptors (Lipinski definition) is 3. The number of carbonyl (C=O) groups excluding carboxylic acids is 1. The van der Waals surface area contributed by atoms with Gasteiger partial charge < -0.3 is 9.47 Å². The average molecular weight is 287 g/mol. The maximum absolute atomic E-state index is 11.2. The highest BCUT2D eigenvalue weighted by atomic mass is 79.9. The Bertz CT molecular complexity index is 377. The molecule has 4 heteroatoms. The van der Waals surface area contributed by atoms with Gasteiger partial charge in [0.15, 0.2) is 0 Å². The molecule has 3 nitrogen and oxygen atoms in total. The third-order valence-electron chi connectivity index (χ3n) is 2.33. The van der Waals surface area contributed by atoms with Crippen LogP contribution in [0.15, 0.2) is 18.2 Å². The number of ketones is 1. The van der Waals surface area contributed by atoms with Crippen molar-refractivity contribution in [1.29, 1.82) is 0 Å². The van der Waals surface area contributed by atoms with Crippen LogP contribution >= 0.6 is 15.9 Å². The second-order valence-corrected chi connectivity index (χ2v) is 4.57. The van der Waals surface area contributed by atoms with Crippen LogP contribution in [0.1, 0.15) is 12.5 Å². The first kappa shape index (κ1) is 13.0. The Balaban J connectivity index is 2.91. The molecule has 0 aliphatic heterocycles. The second kappa shape index (κ2) is 5.89. The molecule has 0 N–H and O–H groups in total. The van der Waals surface area contributed by atoms with E-state index in [1.807, 2.05) is 18.2 Å². The third kappa shape index (κ3) is 3.23. The van der Waals surface area contributed by atoms with E-state index in [1.54, 1.807) is 21.1 Å². The minimum atomic E-state index is -0.171. The Morgan fingerprint density at radius 2 is 2.06 bits per heavy atom. The van der Waals surface area contributed by atoms with Gasteiger partial charge in [0.2, 0.25) is 0 Å². The number of alkyl halides is 1. The molecule has 0 fully saturated rings. The van der Waals surface area contributed by atoms with Crippen LogP contribution in [-0.4, -0.2) is 24.8 Å². The SMILES string of the molecule is COc1ccc(CC(Br)C(C)=O)c(OC)c1. The summed E-state index contributed by atoms with van der Waals surface area (Å²) in [6.45, 7) is 1.56. The summed E-state index contributed by atoms with van der Waals surface area (Å²) in [6, 6.07) is 5.59. The molecule has 0 saturated heterocycles.